The van der Waals surface area contributed by atoms with Gasteiger partial charge in [0.2, 0.25) is 5.88 Å². The number of aliphatic carboxylic acids is 1. The minimum Gasteiger partial charge on any atom is -0.481 e. The lowest BCUT2D eigenvalue weighted by Crippen LogP contribution is -2.23. The minimum absolute atomic E-state index is 0.0322. The second kappa shape index (κ2) is 7.85. The number of methoxy groups -OCH3 is 1. The lowest BCUT2D eigenvalue weighted by atomic mass is 9.84. The molecule has 0 aliphatic carbocycles. The van der Waals surface area contributed by atoms with Gasteiger partial charge in [-0.25, -0.2) is 4.98 Å². The van der Waals surface area contributed by atoms with Gasteiger partial charge in [0.1, 0.15) is 0 Å². The predicted molar refractivity (Wildman–Crippen MR) is 77.8 cm³/mol. The Balaban J connectivity index is 2.32. The number of aromatic nitrogens is 1. The molecule has 1 aromatic heterocycles. The zero-order valence-electron chi connectivity index (χ0n) is 12.5. The minimum atomic E-state index is -0.730. The molecule has 5 nitrogen and oxygen atoms in total. The Labute approximate surface area is 120 Å². The molecule has 0 unspecified atom stereocenters. The van der Waals surface area contributed by atoms with Gasteiger partial charge in [0.05, 0.1) is 7.11 Å². The molecule has 0 amide bonds. The van der Waals surface area contributed by atoms with Crippen LogP contribution in [0.25, 0.3) is 0 Å². The van der Waals surface area contributed by atoms with Gasteiger partial charge in [-0.05, 0) is 30.9 Å². The molecule has 112 valence electrons. The van der Waals surface area contributed by atoms with E-state index >= 15 is 0 Å². The van der Waals surface area contributed by atoms with E-state index in [0.717, 1.165) is 18.5 Å². The summed E-state index contributed by atoms with van der Waals surface area (Å²) in [6, 6.07) is 3.87. The number of nitrogens with zero attached hydrogens (tertiary/aromatic N) is 1. The predicted octanol–water partition coefficient (Wildman–Crippen LogP) is 2.46. The summed E-state index contributed by atoms with van der Waals surface area (Å²) >= 11 is 0. The lowest BCUT2D eigenvalue weighted by Gasteiger charge is -2.24. The van der Waals surface area contributed by atoms with Crippen LogP contribution in [0.15, 0.2) is 18.3 Å². The number of hydrogen-bond donors (Lipinski definition) is 2. The summed E-state index contributed by atoms with van der Waals surface area (Å²) in [4.78, 5) is 14.7. The third-order valence-corrected chi connectivity index (χ3v) is 3.35. The summed E-state index contributed by atoms with van der Waals surface area (Å²) in [5, 5.41) is 12.1. The first-order valence-corrected chi connectivity index (χ1v) is 6.85. The van der Waals surface area contributed by atoms with E-state index in [1.807, 2.05) is 12.1 Å². The zero-order valence-corrected chi connectivity index (χ0v) is 12.5. The van der Waals surface area contributed by atoms with Crippen LogP contribution in [0, 0.1) is 5.41 Å². The first-order valence-electron chi connectivity index (χ1n) is 6.85. The van der Waals surface area contributed by atoms with Crippen molar-refractivity contribution in [2.75, 3.05) is 13.7 Å². The lowest BCUT2D eigenvalue weighted by molar-refractivity contribution is -0.137. The smallest absolute Gasteiger partial charge is 0.303 e. The van der Waals surface area contributed by atoms with E-state index in [4.69, 9.17) is 9.84 Å². The summed E-state index contributed by atoms with van der Waals surface area (Å²) in [6.07, 6.45) is 3.56. The SMILES string of the molecule is COc1ncccc1CNCCC(C)(C)CCC(=O)O. The maximum Gasteiger partial charge on any atom is 0.303 e. The Kier molecular flexibility index (Phi) is 6.45. The standard InChI is InChI=1S/C15H24N2O3/c1-15(2,7-6-13(18)19)8-10-16-11-12-5-4-9-17-14(12)20-3/h4-5,9,16H,6-8,10-11H2,1-3H3,(H,18,19). The zero-order chi connectivity index (χ0) is 15.0. The van der Waals surface area contributed by atoms with E-state index in [9.17, 15) is 4.79 Å². The molecule has 1 aromatic rings. The number of rotatable bonds is 9. The van der Waals surface area contributed by atoms with Crippen molar-refractivity contribution in [3.63, 3.8) is 0 Å². The maximum absolute atomic E-state index is 10.6. The average molecular weight is 280 g/mol. The largest absolute Gasteiger partial charge is 0.481 e. The molecular weight excluding hydrogens is 256 g/mol. The highest BCUT2D eigenvalue weighted by atomic mass is 16.5. The number of pyridine rings is 1. The molecule has 0 saturated heterocycles. The van der Waals surface area contributed by atoms with E-state index in [1.165, 1.54) is 0 Å². The van der Waals surface area contributed by atoms with Crippen molar-refractivity contribution in [2.45, 2.75) is 39.7 Å². The van der Waals surface area contributed by atoms with Crippen LogP contribution >= 0.6 is 0 Å². The van der Waals surface area contributed by atoms with Gasteiger partial charge in [0.25, 0.3) is 0 Å². The molecule has 1 heterocycles. The molecule has 2 N–H and O–H groups in total. The summed E-state index contributed by atoms with van der Waals surface area (Å²) in [7, 11) is 1.61. The molecule has 0 bridgehead atoms. The summed E-state index contributed by atoms with van der Waals surface area (Å²) in [5.74, 6) is -0.0868. The van der Waals surface area contributed by atoms with Crippen molar-refractivity contribution in [1.82, 2.24) is 10.3 Å². The van der Waals surface area contributed by atoms with Gasteiger partial charge >= 0.3 is 5.97 Å². The van der Waals surface area contributed by atoms with Crippen molar-refractivity contribution < 1.29 is 14.6 Å². The molecule has 0 aliphatic heterocycles. The van der Waals surface area contributed by atoms with E-state index in [-0.39, 0.29) is 11.8 Å². The van der Waals surface area contributed by atoms with E-state index in [2.05, 4.69) is 24.1 Å². The van der Waals surface area contributed by atoms with Crippen LogP contribution < -0.4 is 10.1 Å². The molecule has 0 atom stereocenters. The molecule has 0 saturated carbocycles. The van der Waals surface area contributed by atoms with Gasteiger partial charge in [-0.1, -0.05) is 19.9 Å². The van der Waals surface area contributed by atoms with Crippen molar-refractivity contribution in [2.24, 2.45) is 5.41 Å². The molecular formula is C15H24N2O3. The normalized spacial score (nSPS) is 11.3. The molecule has 0 radical (unpaired) electrons. The average Bonchev–Trinajstić information content (AvgIpc) is 2.42. The van der Waals surface area contributed by atoms with E-state index < -0.39 is 5.97 Å². The molecule has 0 spiro atoms. The Morgan fingerprint density at radius 3 is 2.85 bits per heavy atom. The number of nitrogens with one attached hydrogen (secondary N) is 1. The number of carboxylic acid groups (broad SMARTS) is 1. The van der Waals surface area contributed by atoms with Gasteiger partial charge in [0, 0.05) is 24.7 Å². The second-order valence-electron chi connectivity index (χ2n) is 5.66. The molecule has 1 rings (SSSR count). The fourth-order valence-electron chi connectivity index (χ4n) is 1.96. The van der Waals surface area contributed by atoms with Gasteiger partial charge in [0.15, 0.2) is 0 Å². The van der Waals surface area contributed by atoms with Crippen molar-refractivity contribution in [3.05, 3.63) is 23.9 Å². The Bertz CT molecular complexity index is 433. The molecule has 20 heavy (non-hydrogen) atoms. The highest BCUT2D eigenvalue weighted by Crippen LogP contribution is 2.26. The van der Waals surface area contributed by atoms with Crippen LogP contribution in [0.3, 0.4) is 0 Å². The van der Waals surface area contributed by atoms with Gasteiger partial charge < -0.3 is 15.2 Å². The number of hydrogen-bond acceptors (Lipinski definition) is 4. The van der Waals surface area contributed by atoms with Crippen LogP contribution in [0.1, 0.15) is 38.7 Å². The Morgan fingerprint density at radius 1 is 1.45 bits per heavy atom. The van der Waals surface area contributed by atoms with Gasteiger partial charge in [-0.3, -0.25) is 4.79 Å². The first kappa shape index (κ1) is 16.4. The molecule has 0 fully saturated rings. The van der Waals surface area contributed by atoms with Crippen molar-refractivity contribution in [1.29, 1.82) is 0 Å². The van der Waals surface area contributed by atoms with Gasteiger partial charge in [-0.2, -0.15) is 0 Å². The summed E-state index contributed by atoms with van der Waals surface area (Å²) < 4.78 is 5.19. The fraction of sp³-hybridized carbons (Fsp3) is 0.600. The fourth-order valence-corrected chi connectivity index (χ4v) is 1.96. The molecule has 0 aliphatic rings. The van der Waals surface area contributed by atoms with Gasteiger partial charge in [-0.15, -0.1) is 0 Å². The Hall–Kier alpha value is -1.62. The monoisotopic (exact) mass is 280 g/mol. The quantitative estimate of drug-likeness (QED) is 0.680. The first-order chi connectivity index (χ1) is 9.44. The summed E-state index contributed by atoms with van der Waals surface area (Å²) in [5.41, 5.74) is 1.06. The van der Waals surface area contributed by atoms with Crippen LogP contribution in [-0.2, 0) is 11.3 Å². The van der Waals surface area contributed by atoms with Crippen LogP contribution in [-0.4, -0.2) is 29.7 Å². The van der Waals surface area contributed by atoms with E-state index in [0.29, 0.717) is 18.8 Å². The van der Waals surface area contributed by atoms with E-state index in [1.54, 1.807) is 13.3 Å². The number of carbonyl (C=O) groups is 1. The number of ether oxygens (including phenoxy) is 1. The maximum atomic E-state index is 10.6. The van der Waals surface area contributed by atoms with Crippen molar-refractivity contribution in [3.8, 4) is 5.88 Å². The highest BCUT2D eigenvalue weighted by Gasteiger charge is 2.18. The number of carboxylic acids is 1. The third kappa shape index (κ3) is 6.02. The second-order valence-corrected chi connectivity index (χ2v) is 5.66. The summed E-state index contributed by atoms with van der Waals surface area (Å²) in [6.45, 7) is 5.74. The van der Waals surface area contributed by atoms with Crippen LogP contribution in [0.4, 0.5) is 0 Å². The van der Waals surface area contributed by atoms with Crippen LogP contribution in [0.5, 0.6) is 5.88 Å². The highest BCUT2D eigenvalue weighted by molar-refractivity contribution is 5.66. The Morgan fingerprint density at radius 2 is 2.20 bits per heavy atom. The molecule has 5 heteroatoms. The third-order valence-electron chi connectivity index (χ3n) is 3.35. The van der Waals surface area contributed by atoms with Crippen LogP contribution in [0.2, 0.25) is 0 Å². The topological polar surface area (TPSA) is 71.5 Å². The van der Waals surface area contributed by atoms with Crippen molar-refractivity contribution >= 4 is 5.97 Å². The molecule has 0 aromatic carbocycles.